The van der Waals surface area contributed by atoms with Crippen molar-refractivity contribution in [3.8, 4) is 22.8 Å². The number of ether oxygens (including phenoxy) is 2. The third-order valence-electron chi connectivity index (χ3n) is 8.33. The van der Waals surface area contributed by atoms with Crippen LogP contribution < -0.4 is 14.4 Å². The number of aliphatic carboxylic acids is 1. The van der Waals surface area contributed by atoms with Gasteiger partial charge in [0.25, 0.3) is 0 Å². The van der Waals surface area contributed by atoms with Crippen LogP contribution in [0.5, 0.6) is 11.5 Å². The molecule has 2 fully saturated rings. The van der Waals surface area contributed by atoms with E-state index in [1.165, 1.54) is 12.0 Å². The molecule has 1 N–H and O–H groups in total. The minimum atomic E-state index is -4.22. The number of carboxylic acid groups (broad SMARTS) is 1. The lowest BCUT2D eigenvalue weighted by Crippen LogP contribution is -2.39. The van der Waals surface area contributed by atoms with Gasteiger partial charge >= 0.3 is 12.1 Å². The topological polar surface area (TPSA) is 75.1 Å². The molecule has 2 saturated heterocycles. The second kappa shape index (κ2) is 13.4. The normalized spacial score (nSPS) is 17.1. The molecule has 236 valence electrons. The third-order valence-corrected chi connectivity index (χ3v) is 8.33. The van der Waals surface area contributed by atoms with Crippen molar-refractivity contribution in [1.82, 2.24) is 9.88 Å². The number of hydrogen-bond acceptors (Lipinski definition) is 6. The number of piperidine rings is 2. The molecular weight excluding hydrogens is 585 g/mol. The molecule has 2 aliphatic rings. The van der Waals surface area contributed by atoms with Gasteiger partial charge in [-0.25, -0.2) is 13.8 Å². The lowest BCUT2D eigenvalue weighted by Gasteiger charge is -2.32. The predicted molar refractivity (Wildman–Crippen MR) is 154 cm³/mol. The van der Waals surface area contributed by atoms with Gasteiger partial charge in [0.05, 0.1) is 25.3 Å². The molecule has 2 aliphatic heterocycles. The highest BCUT2D eigenvalue weighted by atomic mass is 19.4. The number of hydrogen-bond donors (Lipinski definition) is 1. The highest BCUT2D eigenvalue weighted by molar-refractivity contribution is 5.71. The molecule has 5 rings (SSSR count). The highest BCUT2D eigenvalue weighted by Crippen LogP contribution is 2.37. The van der Waals surface area contributed by atoms with Crippen molar-refractivity contribution in [2.45, 2.75) is 44.4 Å². The smallest absolute Gasteiger partial charge is 0.401 e. The van der Waals surface area contributed by atoms with Gasteiger partial charge in [-0.1, -0.05) is 18.2 Å². The first kappa shape index (κ1) is 31.5. The molecule has 1 aromatic heterocycles. The standard InChI is InChI=1S/C32H34F5N3O4/c1-43-28-15-22(20-7-11-39(12-8-20)19-32(35,36)37)5-6-23(28)18-44-30-25(16-24(33)17-26(30)34)27-3-2-4-29(38-27)40-13-9-21(10-14-40)31(41)42/h2-6,15-17,20-21H,7-14,18-19H2,1H3,(H,41,42). The first-order valence-corrected chi connectivity index (χ1v) is 14.5. The van der Waals surface area contributed by atoms with E-state index in [0.29, 0.717) is 74.7 Å². The molecule has 3 heterocycles. The average molecular weight is 620 g/mol. The molecule has 44 heavy (non-hydrogen) atoms. The number of nitrogens with zero attached hydrogens (tertiary/aromatic N) is 3. The maximum atomic E-state index is 15.1. The summed E-state index contributed by atoms with van der Waals surface area (Å²) in [5.41, 5.74) is 1.99. The molecule has 7 nitrogen and oxygen atoms in total. The van der Waals surface area contributed by atoms with E-state index in [9.17, 15) is 27.5 Å². The molecule has 0 saturated carbocycles. The van der Waals surface area contributed by atoms with Gasteiger partial charge in [0.15, 0.2) is 11.6 Å². The summed E-state index contributed by atoms with van der Waals surface area (Å²) in [6.45, 7) is 0.686. The first-order valence-electron chi connectivity index (χ1n) is 14.5. The highest BCUT2D eigenvalue weighted by Gasteiger charge is 2.33. The van der Waals surface area contributed by atoms with Crippen LogP contribution in [0.2, 0.25) is 0 Å². The van der Waals surface area contributed by atoms with Gasteiger partial charge < -0.3 is 19.5 Å². The zero-order valence-electron chi connectivity index (χ0n) is 24.2. The van der Waals surface area contributed by atoms with Crippen molar-refractivity contribution in [1.29, 1.82) is 0 Å². The maximum Gasteiger partial charge on any atom is 0.401 e. The van der Waals surface area contributed by atoms with Crippen LogP contribution in [0.4, 0.5) is 27.8 Å². The molecule has 0 bridgehead atoms. The number of alkyl halides is 3. The van der Waals surface area contributed by atoms with Crippen molar-refractivity contribution in [2.24, 2.45) is 5.92 Å². The molecule has 0 aliphatic carbocycles. The number of carboxylic acids is 1. The number of halogens is 5. The van der Waals surface area contributed by atoms with Crippen LogP contribution in [0.25, 0.3) is 11.3 Å². The minimum Gasteiger partial charge on any atom is -0.496 e. The Labute approximate surface area is 252 Å². The fourth-order valence-corrected chi connectivity index (χ4v) is 5.96. The third kappa shape index (κ3) is 7.58. The molecule has 0 amide bonds. The van der Waals surface area contributed by atoms with Crippen LogP contribution >= 0.6 is 0 Å². The summed E-state index contributed by atoms with van der Waals surface area (Å²) in [7, 11) is 1.49. The van der Waals surface area contributed by atoms with Crippen LogP contribution in [-0.4, -0.2) is 67.0 Å². The fraction of sp³-hybridized carbons (Fsp3) is 0.438. The van der Waals surface area contributed by atoms with Gasteiger partial charge in [-0.15, -0.1) is 0 Å². The monoisotopic (exact) mass is 619 g/mol. The number of benzene rings is 2. The average Bonchev–Trinajstić information content (AvgIpc) is 3.00. The molecule has 3 aromatic rings. The van der Waals surface area contributed by atoms with Crippen molar-refractivity contribution in [3.05, 3.63) is 71.3 Å². The van der Waals surface area contributed by atoms with Gasteiger partial charge in [0.1, 0.15) is 24.0 Å². The summed E-state index contributed by atoms with van der Waals surface area (Å²) < 4.78 is 79.3. The predicted octanol–water partition coefficient (Wildman–Crippen LogP) is 6.66. The number of carbonyl (C=O) groups is 1. The van der Waals surface area contributed by atoms with E-state index >= 15 is 4.39 Å². The van der Waals surface area contributed by atoms with E-state index in [1.54, 1.807) is 24.3 Å². The second-order valence-corrected chi connectivity index (χ2v) is 11.3. The second-order valence-electron chi connectivity index (χ2n) is 11.3. The zero-order chi connectivity index (χ0) is 31.4. The molecular formula is C32H34F5N3O4. The molecule has 12 heteroatoms. The van der Waals surface area contributed by atoms with E-state index in [1.807, 2.05) is 17.0 Å². The largest absolute Gasteiger partial charge is 0.496 e. The Morgan fingerprint density at radius 3 is 2.39 bits per heavy atom. The minimum absolute atomic E-state index is 0.0813. The molecule has 2 aromatic carbocycles. The van der Waals surface area contributed by atoms with Gasteiger partial charge in [-0.2, -0.15) is 13.2 Å². The van der Waals surface area contributed by atoms with E-state index in [4.69, 9.17) is 9.47 Å². The number of rotatable bonds is 9. The SMILES string of the molecule is COc1cc(C2CCN(CC(F)(F)F)CC2)ccc1COc1c(F)cc(F)cc1-c1cccc(N2CCC(C(=O)O)CC2)n1. The van der Waals surface area contributed by atoms with Gasteiger partial charge in [0.2, 0.25) is 0 Å². The summed E-state index contributed by atoms with van der Waals surface area (Å²) in [4.78, 5) is 19.3. The van der Waals surface area contributed by atoms with Crippen molar-refractivity contribution < 1.29 is 41.3 Å². The van der Waals surface area contributed by atoms with Crippen LogP contribution in [0.15, 0.2) is 48.5 Å². The number of aromatic nitrogens is 1. The van der Waals surface area contributed by atoms with Crippen LogP contribution in [0.3, 0.4) is 0 Å². The van der Waals surface area contributed by atoms with E-state index in [2.05, 4.69) is 4.98 Å². The molecule has 0 unspecified atom stereocenters. The van der Waals surface area contributed by atoms with Crippen LogP contribution in [-0.2, 0) is 11.4 Å². The summed E-state index contributed by atoms with van der Waals surface area (Å²) in [6.07, 6.45) is -2.10. The summed E-state index contributed by atoms with van der Waals surface area (Å²) in [6, 6.07) is 12.5. The molecule has 0 radical (unpaired) electrons. The maximum absolute atomic E-state index is 15.1. The van der Waals surface area contributed by atoms with Gasteiger partial charge in [0, 0.05) is 30.3 Å². The summed E-state index contributed by atoms with van der Waals surface area (Å²) in [5, 5.41) is 9.29. The Morgan fingerprint density at radius 1 is 1.00 bits per heavy atom. The van der Waals surface area contributed by atoms with Crippen molar-refractivity contribution >= 4 is 11.8 Å². The Morgan fingerprint density at radius 2 is 1.73 bits per heavy atom. The first-order chi connectivity index (χ1) is 21.0. The van der Waals surface area contributed by atoms with Crippen LogP contribution in [0.1, 0.15) is 42.7 Å². The number of likely N-dealkylation sites (tertiary alicyclic amines) is 1. The quantitative estimate of drug-likeness (QED) is 0.269. The van der Waals surface area contributed by atoms with Crippen molar-refractivity contribution in [3.63, 3.8) is 0 Å². The van der Waals surface area contributed by atoms with Gasteiger partial charge in [-0.05, 0) is 74.5 Å². The lowest BCUT2D eigenvalue weighted by atomic mass is 9.88. The van der Waals surface area contributed by atoms with E-state index in [0.717, 1.165) is 17.7 Å². The molecule has 0 atom stereocenters. The molecule has 0 spiro atoms. The van der Waals surface area contributed by atoms with Crippen molar-refractivity contribution in [2.75, 3.05) is 44.7 Å². The zero-order valence-corrected chi connectivity index (χ0v) is 24.2. The van der Waals surface area contributed by atoms with Gasteiger partial charge in [-0.3, -0.25) is 9.69 Å². The number of anilines is 1. The Bertz CT molecular complexity index is 1470. The number of methoxy groups -OCH3 is 1. The lowest BCUT2D eigenvalue weighted by molar-refractivity contribution is -0.148. The van der Waals surface area contributed by atoms with Crippen LogP contribution in [0, 0.1) is 17.6 Å². The Balaban J connectivity index is 1.31. The summed E-state index contributed by atoms with van der Waals surface area (Å²) >= 11 is 0. The van der Waals surface area contributed by atoms with E-state index < -0.39 is 36.2 Å². The Kier molecular flexibility index (Phi) is 9.57. The summed E-state index contributed by atoms with van der Waals surface area (Å²) in [5.74, 6) is -1.94. The Hall–Kier alpha value is -3.93. The number of pyridine rings is 1. The fourth-order valence-electron chi connectivity index (χ4n) is 5.96. The van der Waals surface area contributed by atoms with E-state index in [-0.39, 0.29) is 23.8 Å².